The summed E-state index contributed by atoms with van der Waals surface area (Å²) in [5, 5.41) is 9.74. The van der Waals surface area contributed by atoms with E-state index in [4.69, 9.17) is 4.74 Å². The van der Waals surface area contributed by atoms with Gasteiger partial charge in [-0.1, -0.05) is 37.3 Å². The highest BCUT2D eigenvalue weighted by Gasteiger charge is 2.35. The number of rotatable bonds is 7. The van der Waals surface area contributed by atoms with Crippen molar-refractivity contribution in [1.29, 1.82) is 0 Å². The van der Waals surface area contributed by atoms with Crippen LogP contribution in [0.15, 0.2) is 53.6 Å². The van der Waals surface area contributed by atoms with Crippen LogP contribution in [0.3, 0.4) is 0 Å². The summed E-state index contributed by atoms with van der Waals surface area (Å²) in [7, 11) is -2.20. The standard InChI is InChI=1S/C24H31N3O5S/c1-5-9-19-12-21-23(25-13-19)32-22(17(2)14-27(24(21)29)18(3)16-28)15-26(4)33(30,31)20-10-7-6-8-11-20/h5-13,17-18,22,28H,14-16H2,1-4H3/b9-5+/t17-,18-,22+/m1/s1. The zero-order valence-electron chi connectivity index (χ0n) is 19.4. The summed E-state index contributed by atoms with van der Waals surface area (Å²) in [6.07, 6.45) is 4.73. The summed E-state index contributed by atoms with van der Waals surface area (Å²) >= 11 is 0. The summed E-state index contributed by atoms with van der Waals surface area (Å²) in [4.78, 5) is 19.5. The third-order valence-electron chi connectivity index (χ3n) is 5.79. The van der Waals surface area contributed by atoms with Crippen molar-refractivity contribution >= 4 is 22.0 Å². The predicted molar refractivity (Wildman–Crippen MR) is 126 cm³/mol. The van der Waals surface area contributed by atoms with Crippen molar-refractivity contribution in [2.24, 2.45) is 5.92 Å². The molecule has 1 N–H and O–H groups in total. The Hall–Kier alpha value is -2.75. The molecule has 1 amide bonds. The van der Waals surface area contributed by atoms with Gasteiger partial charge in [0.25, 0.3) is 5.91 Å². The summed E-state index contributed by atoms with van der Waals surface area (Å²) in [5.74, 6) is -0.340. The lowest BCUT2D eigenvalue weighted by Gasteiger charge is -2.37. The predicted octanol–water partition coefficient (Wildman–Crippen LogP) is 2.66. The molecule has 0 aliphatic carbocycles. The van der Waals surface area contributed by atoms with E-state index in [0.717, 1.165) is 5.56 Å². The van der Waals surface area contributed by atoms with Gasteiger partial charge in [0.15, 0.2) is 0 Å². The van der Waals surface area contributed by atoms with Gasteiger partial charge in [-0.25, -0.2) is 13.4 Å². The monoisotopic (exact) mass is 473 g/mol. The minimum atomic E-state index is -3.72. The number of pyridine rings is 1. The number of fused-ring (bicyclic) bond motifs is 1. The highest BCUT2D eigenvalue weighted by molar-refractivity contribution is 7.89. The molecule has 1 aliphatic heterocycles. The van der Waals surface area contributed by atoms with Gasteiger partial charge in [-0.15, -0.1) is 0 Å². The Morgan fingerprint density at radius 1 is 1.33 bits per heavy atom. The number of amides is 1. The van der Waals surface area contributed by atoms with E-state index in [1.54, 1.807) is 54.4 Å². The Balaban J connectivity index is 1.98. The summed E-state index contributed by atoms with van der Waals surface area (Å²) in [5.41, 5.74) is 1.04. The zero-order chi connectivity index (χ0) is 24.2. The highest BCUT2D eigenvalue weighted by Crippen LogP contribution is 2.28. The second-order valence-corrected chi connectivity index (χ2v) is 10.4. The molecular weight excluding hydrogens is 442 g/mol. The molecule has 9 heteroatoms. The van der Waals surface area contributed by atoms with Crippen molar-refractivity contribution in [3.05, 3.63) is 59.8 Å². The van der Waals surface area contributed by atoms with Gasteiger partial charge in [0.05, 0.1) is 24.1 Å². The molecule has 33 heavy (non-hydrogen) atoms. The minimum Gasteiger partial charge on any atom is -0.472 e. The zero-order valence-corrected chi connectivity index (χ0v) is 20.2. The minimum absolute atomic E-state index is 0.0751. The van der Waals surface area contributed by atoms with Gasteiger partial charge in [0, 0.05) is 25.7 Å². The van der Waals surface area contributed by atoms with Gasteiger partial charge in [0.1, 0.15) is 11.7 Å². The fourth-order valence-corrected chi connectivity index (χ4v) is 4.95. The topological polar surface area (TPSA) is 100 Å². The third kappa shape index (κ3) is 5.43. The molecule has 178 valence electrons. The molecule has 1 aromatic carbocycles. The van der Waals surface area contributed by atoms with E-state index in [-0.39, 0.29) is 41.3 Å². The van der Waals surface area contributed by atoms with Crippen LogP contribution in [-0.4, -0.2) is 72.5 Å². The lowest BCUT2D eigenvalue weighted by Crippen LogP contribution is -2.50. The quantitative estimate of drug-likeness (QED) is 0.664. The Bertz CT molecular complexity index is 1100. The van der Waals surface area contributed by atoms with Crippen LogP contribution < -0.4 is 4.74 Å². The van der Waals surface area contributed by atoms with E-state index in [1.807, 2.05) is 26.0 Å². The molecule has 0 fully saturated rings. The van der Waals surface area contributed by atoms with Crippen LogP contribution in [0.4, 0.5) is 0 Å². The number of nitrogens with zero attached hydrogens (tertiary/aromatic N) is 3. The summed E-state index contributed by atoms with van der Waals surface area (Å²) < 4.78 is 33.5. The lowest BCUT2D eigenvalue weighted by molar-refractivity contribution is 0.0373. The molecule has 0 saturated heterocycles. The molecule has 0 bridgehead atoms. The SMILES string of the molecule is C/C=C/c1cnc2c(c1)C(=O)N([C@H](C)CO)C[C@@H](C)[C@H](CN(C)S(=O)(=O)c1ccccc1)O2. The van der Waals surface area contributed by atoms with Crippen molar-refractivity contribution in [3.63, 3.8) is 0 Å². The van der Waals surface area contributed by atoms with E-state index in [1.165, 1.54) is 11.4 Å². The van der Waals surface area contributed by atoms with Crippen LogP contribution in [-0.2, 0) is 10.0 Å². The first kappa shape index (κ1) is 24.9. The third-order valence-corrected chi connectivity index (χ3v) is 7.63. The maximum atomic E-state index is 13.3. The molecule has 3 atom stereocenters. The van der Waals surface area contributed by atoms with E-state index < -0.39 is 22.2 Å². The smallest absolute Gasteiger partial charge is 0.259 e. The molecule has 1 aromatic heterocycles. The Morgan fingerprint density at radius 3 is 2.67 bits per heavy atom. The number of aliphatic hydroxyl groups is 1. The number of carbonyl (C=O) groups is 1. The first-order valence-corrected chi connectivity index (χ1v) is 12.4. The van der Waals surface area contributed by atoms with Gasteiger partial charge in [-0.2, -0.15) is 4.31 Å². The Morgan fingerprint density at radius 2 is 2.03 bits per heavy atom. The van der Waals surface area contributed by atoms with E-state index in [9.17, 15) is 18.3 Å². The molecule has 3 rings (SSSR count). The van der Waals surface area contributed by atoms with Gasteiger partial charge < -0.3 is 14.7 Å². The van der Waals surface area contributed by atoms with E-state index >= 15 is 0 Å². The van der Waals surface area contributed by atoms with E-state index in [2.05, 4.69) is 4.98 Å². The van der Waals surface area contributed by atoms with Crippen LogP contribution in [0.2, 0.25) is 0 Å². The fourth-order valence-electron chi connectivity index (χ4n) is 3.74. The number of carbonyl (C=O) groups excluding carboxylic acids is 1. The number of ether oxygens (including phenoxy) is 1. The summed E-state index contributed by atoms with van der Waals surface area (Å²) in [6.45, 7) is 5.73. The molecule has 0 spiro atoms. The van der Waals surface area contributed by atoms with Gasteiger partial charge in [0.2, 0.25) is 15.9 Å². The molecule has 0 saturated carbocycles. The number of allylic oxidation sites excluding steroid dienone is 1. The van der Waals surface area contributed by atoms with Crippen molar-refractivity contribution in [2.45, 2.75) is 37.8 Å². The number of benzene rings is 1. The van der Waals surface area contributed by atoms with Gasteiger partial charge in [-0.05, 0) is 37.6 Å². The van der Waals surface area contributed by atoms with Crippen LogP contribution in [0.5, 0.6) is 5.88 Å². The average molecular weight is 474 g/mol. The average Bonchev–Trinajstić information content (AvgIpc) is 2.81. The number of hydrogen-bond donors (Lipinski definition) is 1. The second-order valence-electron chi connectivity index (χ2n) is 8.34. The van der Waals surface area contributed by atoms with Crippen LogP contribution in [0.25, 0.3) is 6.08 Å². The first-order valence-electron chi connectivity index (χ1n) is 10.9. The van der Waals surface area contributed by atoms with Crippen LogP contribution in [0, 0.1) is 5.92 Å². The molecule has 2 aromatic rings. The number of aromatic nitrogens is 1. The molecule has 0 unspecified atom stereocenters. The van der Waals surface area contributed by atoms with E-state index in [0.29, 0.717) is 6.54 Å². The second kappa shape index (κ2) is 10.5. The van der Waals surface area contributed by atoms with Crippen molar-refractivity contribution in [2.75, 3.05) is 26.7 Å². The highest BCUT2D eigenvalue weighted by atomic mass is 32.2. The summed E-state index contributed by atoms with van der Waals surface area (Å²) in [6, 6.07) is 9.52. The molecule has 1 aliphatic rings. The lowest BCUT2D eigenvalue weighted by atomic mass is 10.00. The Kier molecular flexibility index (Phi) is 7.88. The Labute approximate surface area is 195 Å². The normalized spacial score (nSPS) is 20.3. The number of likely N-dealkylation sites (N-methyl/N-ethyl adjacent to an activating group) is 1. The molecular formula is C24H31N3O5S. The maximum Gasteiger partial charge on any atom is 0.259 e. The molecule has 8 nitrogen and oxygen atoms in total. The largest absolute Gasteiger partial charge is 0.472 e. The molecule has 2 heterocycles. The number of hydrogen-bond acceptors (Lipinski definition) is 6. The number of aliphatic hydroxyl groups excluding tert-OH is 1. The van der Waals surface area contributed by atoms with Gasteiger partial charge in [-0.3, -0.25) is 4.79 Å². The van der Waals surface area contributed by atoms with Crippen LogP contribution >= 0.6 is 0 Å². The van der Waals surface area contributed by atoms with Crippen LogP contribution in [0.1, 0.15) is 36.7 Å². The van der Waals surface area contributed by atoms with Gasteiger partial charge >= 0.3 is 0 Å². The van der Waals surface area contributed by atoms with Crippen molar-refractivity contribution < 1.29 is 23.1 Å². The van der Waals surface area contributed by atoms with Crippen molar-refractivity contribution in [3.8, 4) is 5.88 Å². The maximum absolute atomic E-state index is 13.3. The fraction of sp³-hybridized carbons (Fsp3) is 0.417. The number of sulfonamides is 1. The van der Waals surface area contributed by atoms with Crippen molar-refractivity contribution in [1.82, 2.24) is 14.2 Å². The first-order chi connectivity index (χ1) is 15.7. The molecule has 0 radical (unpaired) electrons.